The molecule has 6 nitrogen and oxygen atoms in total. The summed E-state index contributed by atoms with van der Waals surface area (Å²) in [6.07, 6.45) is 5.70. The maximum absolute atomic E-state index is 6.42. The standard InChI is InChI=1S/C38H23N5O.Pt/c1-24-9-2-3-12-28(24)34-23-42-36-31(14-7-19-39-36)29-18-17-27(22-33(29)38(42)41-34)44-26-11-6-10-25(21-26)43-35-16-5-4-13-30(35)32-15-8-20-40-37(32)43;/h2-20,23H,1H3;/q-2;+2. The summed E-state index contributed by atoms with van der Waals surface area (Å²) >= 11 is 0. The molecule has 0 aliphatic rings. The summed E-state index contributed by atoms with van der Waals surface area (Å²) in [7, 11) is 0. The smallest absolute Gasteiger partial charge is 0.503 e. The topological polar surface area (TPSA) is 57.2 Å². The second-order valence-corrected chi connectivity index (χ2v) is 10.8. The summed E-state index contributed by atoms with van der Waals surface area (Å²) in [5.41, 5.74) is 7.58. The van der Waals surface area contributed by atoms with Crippen LogP contribution >= 0.6 is 0 Å². The van der Waals surface area contributed by atoms with Gasteiger partial charge in [0, 0.05) is 46.4 Å². The minimum atomic E-state index is 0. The van der Waals surface area contributed by atoms with Crippen LogP contribution in [0.15, 0.2) is 122 Å². The summed E-state index contributed by atoms with van der Waals surface area (Å²) in [6, 6.07) is 41.7. The van der Waals surface area contributed by atoms with Crippen LogP contribution in [0.5, 0.6) is 11.5 Å². The summed E-state index contributed by atoms with van der Waals surface area (Å²) in [5, 5.41) is 5.16. The molecule has 0 saturated carbocycles. The maximum atomic E-state index is 6.42. The van der Waals surface area contributed by atoms with Gasteiger partial charge in [-0.1, -0.05) is 71.1 Å². The largest absolute Gasteiger partial charge is 2.00 e. The molecule has 5 heterocycles. The van der Waals surface area contributed by atoms with Gasteiger partial charge in [0.15, 0.2) is 0 Å². The molecule has 0 bridgehead atoms. The fourth-order valence-corrected chi connectivity index (χ4v) is 6.23. The molecule has 4 aromatic carbocycles. The number of imidazole rings is 1. The summed E-state index contributed by atoms with van der Waals surface area (Å²) in [4.78, 5) is 14.5. The molecule has 0 saturated heterocycles. The van der Waals surface area contributed by atoms with Gasteiger partial charge in [0.05, 0.1) is 16.9 Å². The third-order valence-electron chi connectivity index (χ3n) is 8.22. The van der Waals surface area contributed by atoms with Crippen LogP contribution in [0.2, 0.25) is 0 Å². The van der Waals surface area contributed by atoms with Gasteiger partial charge in [0.25, 0.3) is 0 Å². The van der Waals surface area contributed by atoms with Crippen molar-refractivity contribution in [2.24, 2.45) is 0 Å². The molecule has 0 aliphatic heterocycles. The molecule has 0 fully saturated rings. The van der Waals surface area contributed by atoms with E-state index in [1.165, 1.54) is 5.56 Å². The molecule has 5 aromatic heterocycles. The van der Waals surface area contributed by atoms with Crippen molar-refractivity contribution in [2.75, 3.05) is 0 Å². The van der Waals surface area contributed by atoms with E-state index >= 15 is 0 Å². The third-order valence-corrected chi connectivity index (χ3v) is 8.22. The van der Waals surface area contributed by atoms with Crippen molar-refractivity contribution < 1.29 is 25.8 Å². The number of aryl methyl sites for hydroxylation is 1. The van der Waals surface area contributed by atoms with E-state index in [1.807, 2.05) is 67.0 Å². The second kappa shape index (κ2) is 10.7. The molecule has 0 unspecified atom stereocenters. The first-order chi connectivity index (χ1) is 21.7. The van der Waals surface area contributed by atoms with Crippen molar-refractivity contribution in [1.82, 2.24) is 23.9 Å². The second-order valence-electron chi connectivity index (χ2n) is 10.8. The number of para-hydroxylation sites is 1. The van der Waals surface area contributed by atoms with Crippen LogP contribution < -0.4 is 4.74 Å². The Labute approximate surface area is 272 Å². The van der Waals surface area contributed by atoms with E-state index in [1.54, 1.807) is 0 Å². The molecular weight excluding hydrogens is 738 g/mol. The third kappa shape index (κ3) is 4.33. The van der Waals surface area contributed by atoms with Crippen LogP contribution in [-0.4, -0.2) is 23.9 Å². The Kier molecular flexibility index (Phi) is 6.47. The SMILES string of the molecule is Cc1ccccc1-c1cn2c(n1)c1[c-]c(Oc3[c-]c(-n4c5ccccc5c5cccnc54)ccc3)ccc1c1cccnc12.[Pt+2]. The van der Waals surface area contributed by atoms with E-state index < -0.39 is 0 Å². The first-order valence-electron chi connectivity index (χ1n) is 14.5. The average Bonchev–Trinajstić information content (AvgIpc) is 3.66. The summed E-state index contributed by atoms with van der Waals surface area (Å²) in [6.45, 7) is 2.10. The van der Waals surface area contributed by atoms with Crippen LogP contribution in [0.1, 0.15) is 5.56 Å². The first kappa shape index (κ1) is 27.2. The van der Waals surface area contributed by atoms with Crippen LogP contribution in [-0.2, 0) is 21.1 Å². The molecular formula is C38H23N5OPt. The van der Waals surface area contributed by atoms with Crippen LogP contribution in [0.3, 0.4) is 0 Å². The molecule has 9 rings (SSSR count). The van der Waals surface area contributed by atoms with E-state index in [4.69, 9.17) is 19.7 Å². The Balaban J connectivity index is 0.00000300. The Morgan fingerprint density at radius 2 is 1.36 bits per heavy atom. The van der Waals surface area contributed by atoms with Crippen molar-refractivity contribution in [3.8, 4) is 28.4 Å². The molecule has 0 N–H and O–H groups in total. The number of aromatic nitrogens is 5. The number of fused-ring (bicyclic) bond motifs is 9. The van der Waals surface area contributed by atoms with Gasteiger partial charge in [0.1, 0.15) is 11.3 Å². The van der Waals surface area contributed by atoms with Gasteiger partial charge in [-0.2, -0.15) is 6.07 Å². The van der Waals surface area contributed by atoms with Crippen molar-refractivity contribution in [1.29, 1.82) is 0 Å². The predicted molar refractivity (Wildman–Crippen MR) is 174 cm³/mol. The van der Waals surface area contributed by atoms with Crippen molar-refractivity contribution >= 4 is 49.4 Å². The number of rotatable bonds is 4. The molecule has 216 valence electrons. The van der Waals surface area contributed by atoms with Gasteiger partial charge in [-0.15, -0.1) is 30.3 Å². The monoisotopic (exact) mass is 760 g/mol. The summed E-state index contributed by atoms with van der Waals surface area (Å²) < 4.78 is 10.6. The Morgan fingerprint density at radius 3 is 2.22 bits per heavy atom. The molecule has 0 radical (unpaired) electrons. The number of nitrogens with zero attached hydrogens (tertiary/aromatic N) is 5. The number of pyridine rings is 3. The molecule has 9 aromatic rings. The maximum Gasteiger partial charge on any atom is 2.00 e. The quantitative estimate of drug-likeness (QED) is 0.133. The first-order valence-corrected chi connectivity index (χ1v) is 14.5. The molecule has 7 heteroatoms. The van der Waals surface area contributed by atoms with Gasteiger partial charge in [-0.05, 0) is 42.1 Å². The van der Waals surface area contributed by atoms with Crippen molar-refractivity contribution in [3.63, 3.8) is 0 Å². The zero-order valence-corrected chi connectivity index (χ0v) is 26.3. The van der Waals surface area contributed by atoms with Crippen LogP contribution in [0.25, 0.3) is 66.3 Å². The normalized spacial score (nSPS) is 11.5. The fraction of sp³-hybridized carbons (Fsp3) is 0.0263. The van der Waals surface area contributed by atoms with Crippen molar-refractivity contribution in [3.05, 3.63) is 139 Å². The Bertz CT molecular complexity index is 2510. The number of hydrogen-bond donors (Lipinski definition) is 0. The van der Waals surface area contributed by atoms with E-state index in [2.05, 4.69) is 82.8 Å². The van der Waals surface area contributed by atoms with Gasteiger partial charge in [0.2, 0.25) is 0 Å². The van der Waals surface area contributed by atoms with Gasteiger partial charge < -0.3 is 13.7 Å². The van der Waals surface area contributed by atoms with Gasteiger partial charge in [-0.3, -0.25) is 4.98 Å². The van der Waals surface area contributed by atoms with E-state index in [-0.39, 0.29) is 21.1 Å². The van der Waals surface area contributed by atoms with Crippen molar-refractivity contribution in [2.45, 2.75) is 6.92 Å². The summed E-state index contributed by atoms with van der Waals surface area (Å²) in [5.74, 6) is 1.17. The Morgan fingerprint density at radius 1 is 0.622 bits per heavy atom. The average molecular weight is 761 g/mol. The van der Waals surface area contributed by atoms with E-state index in [9.17, 15) is 0 Å². The van der Waals surface area contributed by atoms with Gasteiger partial charge >= 0.3 is 21.1 Å². The molecule has 0 amide bonds. The van der Waals surface area contributed by atoms with Crippen LogP contribution in [0, 0.1) is 19.1 Å². The minimum Gasteiger partial charge on any atom is -0.503 e. The predicted octanol–water partition coefficient (Wildman–Crippen LogP) is 8.89. The molecule has 0 atom stereocenters. The van der Waals surface area contributed by atoms with E-state index in [0.717, 1.165) is 66.3 Å². The molecule has 0 aliphatic carbocycles. The number of hydrogen-bond acceptors (Lipinski definition) is 4. The van der Waals surface area contributed by atoms with Crippen LogP contribution in [0.4, 0.5) is 0 Å². The Hall–Kier alpha value is -5.32. The zero-order chi connectivity index (χ0) is 29.2. The van der Waals surface area contributed by atoms with Gasteiger partial charge in [-0.25, -0.2) is 9.97 Å². The number of ether oxygens (including phenoxy) is 1. The van der Waals surface area contributed by atoms with E-state index in [0.29, 0.717) is 11.5 Å². The number of benzene rings is 4. The zero-order valence-electron chi connectivity index (χ0n) is 24.0. The molecule has 0 spiro atoms. The fourth-order valence-electron chi connectivity index (χ4n) is 6.23. The minimum absolute atomic E-state index is 0. The molecule has 45 heavy (non-hydrogen) atoms.